The van der Waals surface area contributed by atoms with Crippen LogP contribution in [0.25, 0.3) is 0 Å². The Morgan fingerprint density at radius 1 is 1.50 bits per heavy atom. The van der Waals surface area contributed by atoms with Crippen molar-refractivity contribution in [2.45, 2.75) is 31.8 Å². The number of nitriles is 1. The van der Waals surface area contributed by atoms with Gasteiger partial charge in [0.05, 0.1) is 12.2 Å². The minimum absolute atomic E-state index is 0.00745. The van der Waals surface area contributed by atoms with Crippen LogP contribution in [0.4, 0.5) is 0 Å². The van der Waals surface area contributed by atoms with Crippen LogP contribution in [0.15, 0.2) is 30.3 Å². The zero-order chi connectivity index (χ0) is 13.0. The van der Waals surface area contributed by atoms with Crippen LogP contribution in [-0.4, -0.2) is 18.5 Å². The molecule has 0 amide bonds. The molecule has 18 heavy (non-hydrogen) atoms. The monoisotopic (exact) mass is 243 g/mol. The van der Waals surface area contributed by atoms with Gasteiger partial charge in [0.15, 0.2) is 5.78 Å². The third-order valence-corrected chi connectivity index (χ3v) is 3.52. The van der Waals surface area contributed by atoms with Gasteiger partial charge in [-0.05, 0) is 18.4 Å². The molecule has 1 aromatic rings. The maximum atomic E-state index is 12.4. The van der Waals surface area contributed by atoms with E-state index in [0.717, 1.165) is 18.4 Å². The molecule has 1 aliphatic rings. The molecule has 1 saturated heterocycles. The van der Waals surface area contributed by atoms with Crippen molar-refractivity contribution in [2.24, 2.45) is 5.92 Å². The molecule has 94 valence electrons. The first-order valence-electron chi connectivity index (χ1n) is 6.37. The molecule has 0 aliphatic carbocycles. The van der Waals surface area contributed by atoms with Crippen LogP contribution < -0.4 is 0 Å². The van der Waals surface area contributed by atoms with E-state index in [2.05, 4.69) is 6.07 Å². The van der Waals surface area contributed by atoms with Crippen molar-refractivity contribution in [3.05, 3.63) is 35.9 Å². The summed E-state index contributed by atoms with van der Waals surface area (Å²) in [6.07, 6.45) is 1.54. The lowest BCUT2D eigenvalue weighted by molar-refractivity contribution is -0.124. The fraction of sp³-hybridized carbons (Fsp3) is 0.467. The Morgan fingerprint density at radius 2 is 2.22 bits per heavy atom. The number of hydrogen-bond donors (Lipinski definition) is 0. The lowest BCUT2D eigenvalue weighted by Gasteiger charge is -2.18. The minimum Gasteiger partial charge on any atom is -0.377 e. The van der Waals surface area contributed by atoms with Crippen molar-refractivity contribution >= 4 is 5.78 Å². The molecule has 3 unspecified atom stereocenters. The van der Waals surface area contributed by atoms with E-state index >= 15 is 0 Å². The molecule has 1 fully saturated rings. The number of rotatable bonds is 4. The quantitative estimate of drug-likeness (QED) is 0.817. The fourth-order valence-electron chi connectivity index (χ4n) is 2.54. The Labute approximate surface area is 107 Å². The summed E-state index contributed by atoms with van der Waals surface area (Å²) in [5, 5.41) is 9.26. The zero-order valence-corrected chi connectivity index (χ0v) is 10.5. The van der Waals surface area contributed by atoms with E-state index < -0.39 is 5.92 Å². The van der Waals surface area contributed by atoms with Crippen LogP contribution in [0.5, 0.6) is 0 Å². The highest BCUT2D eigenvalue weighted by Crippen LogP contribution is 2.30. The van der Waals surface area contributed by atoms with Gasteiger partial charge in [-0.2, -0.15) is 5.26 Å². The highest BCUT2D eigenvalue weighted by atomic mass is 16.5. The Hall–Kier alpha value is -1.66. The van der Waals surface area contributed by atoms with Gasteiger partial charge < -0.3 is 4.74 Å². The topological polar surface area (TPSA) is 50.1 Å². The van der Waals surface area contributed by atoms with Gasteiger partial charge in [-0.3, -0.25) is 4.79 Å². The second-order valence-electron chi connectivity index (χ2n) is 4.59. The first kappa shape index (κ1) is 12.8. The van der Waals surface area contributed by atoms with E-state index in [4.69, 9.17) is 4.74 Å². The van der Waals surface area contributed by atoms with Crippen LogP contribution in [0, 0.1) is 17.2 Å². The Bertz CT molecular complexity index is 449. The van der Waals surface area contributed by atoms with Gasteiger partial charge >= 0.3 is 0 Å². The van der Waals surface area contributed by atoms with Crippen molar-refractivity contribution in [1.82, 2.24) is 0 Å². The second-order valence-corrected chi connectivity index (χ2v) is 4.59. The van der Waals surface area contributed by atoms with Gasteiger partial charge in [-0.1, -0.05) is 37.3 Å². The molecular weight excluding hydrogens is 226 g/mol. The molecule has 1 aliphatic heterocycles. The van der Waals surface area contributed by atoms with E-state index in [-0.39, 0.29) is 17.8 Å². The number of benzene rings is 1. The van der Waals surface area contributed by atoms with Crippen LogP contribution in [0.2, 0.25) is 0 Å². The number of ketones is 1. The van der Waals surface area contributed by atoms with Crippen LogP contribution in [-0.2, 0) is 9.53 Å². The van der Waals surface area contributed by atoms with Gasteiger partial charge in [0.2, 0.25) is 0 Å². The van der Waals surface area contributed by atoms with E-state index in [0.29, 0.717) is 6.61 Å². The van der Waals surface area contributed by atoms with Gasteiger partial charge in [0.1, 0.15) is 5.92 Å². The molecule has 0 spiro atoms. The van der Waals surface area contributed by atoms with Crippen LogP contribution in [0.3, 0.4) is 0 Å². The fourth-order valence-corrected chi connectivity index (χ4v) is 2.54. The summed E-state index contributed by atoms with van der Waals surface area (Å²) in [4.78, 5) is 12.4. The molecule has 3 atom stereocenters. The molecule has 1 aromatic carbocycles. The third kappa shape index (κ3) is 2.44. The van der Waals surface area contributed by atoms with Crippen molar-refractivity contribution in [2.75, 3.05) is 6.61 Å². The summed E-state index contributed by atoms with van der Waals surface area (Å²) < 4.78 is 5.54. The molecule has 0 N–H and O–H groups in total. The number of nitrogens with zero attached hydrogens (tertiary/aromatic N) is 1. The number of ether oxygens (including phenoxy) is 1. The molecule has 0 radical (unpaired) electrons. The molecule has 0 bridgehead atoms. The normalized spacial score (nSPS) is 24.4. The van der Waals surface area contributed by atoms with Crippen molar-refractivity contribution < 1.29 is 9.53 Å². The van der Waals surface area contributed by atoms with Crippen LogP contribution >= 0.6 is 0 Å². The molecule has 1 heterocycles. The summed E-state index contributed by atoms with van der Waals surface area (Å²) in [6, 6.07) is 11.4. The maximum absolute atomic E-state index is 12.4. The molecular formula is C15H17NO2. The first-order chi connectivity index (χ1) is 8.77. The predicted octanol–water partition coefficient (Wildman–Crippen LogP) is 2.68. The summed E-state index contributed by atoms with van der Waals surface area (Å²) in [6.45, 7) is 2.64. The smallest absolute Gasteiger partial charge is 0.160 e. The van der Waals surface area contributed by atoms with Crippen molar-refractivity contribution in [1.29, 1.82) is 5.26 Å². The van der Waals surface area contributed by atoms with Crippen molar-refractivity contribution in [3.63, 3.8) is 0 Å². The highest BCUT2D eigenvalue weighted by molar-refractivity contribution is 5.91. The maximum Gasteiger partial charge on any atom is 0.160 e. The SMILES string of the molecule is CCC1OCCC1C(=O)C(C#N)c1ccccc1. The Balaban J connectivity index is 2.19. The second kappa shape index (κ2) is 5.79. The Kier molecular flexibility index (Phi) is 4.11. The largest absolute Gasteiger partial charge is 0.377 e. The van der Waals surface area contributed by atoms with Gasteiger partial charge in [0.25, 0.3) is 0 Å². The number of carbonyl (C=O) groups excluding carboxylic acids is 1. The lowest BCUT2D eigenvalue weighted by Crippen LogP contribution is -2.28. The van der Waals surface area contributed by atoms with E-state index in [1.807, 2.05) is 37.3 Å². The lowest BCUT2D eigenvalue weighted by atomic mass is 9.84. The van der Waals surface area contributed by atoms with Gasteiger partial charge in [-0.15, -0.1) is 0 Å². The standard InChI is InChI=1S/C15H17NO2/c1-2-14-12(8-9-18-14)15(17)13(10-16)11-6-4-3-5-7-11/h3-7,12-14H,2,8-9H2,1H3. The van der Waals surface area contributed by atoms with E-state index in [1.54, 1.807) is 0 Å². The molecule has 0 saturated carbocycles. The molecule has 3 heteroatoms. The number of Topliss-reactive ketones (excluding diaryl/α,β-unsaturated/α-hetero) is 1. The number of carbonyl (C=O) groups is 1. The van der Waals surface area contributed by atoms with Crippen molar-refractivity contribution in [3.8, 4) is 6.07 Å². The first-order valence-corrected chi connectivity index (χ1v) is 6.37. The number of hydrogen-bond acceptors (Lipinski definition) is 3. The zero-order valence-electron chi connectivity index (χ0n) is 10.5. The highest BCUT2D eigenvalue weighted by Gasteiger charge is 2.37. The van der Waals surface area contributed by atoms with Gasteiger partial charge in [-0.25, -0.2) is 0 Å². The van der Waals surface area contributed by atoms with Gasteiger partial charge in [0, 0.05) is 12.5 Å². The molecule has 0 aromatic heterocycles. The average molecular weight is 243 g/mol. The average Bonchev–Trinajstić information content (AvgIpc) is 2.89. The summed E-state index contributed by atoms with van der Waals surface area (Å²) in [5.74, 6) is -0.778. The predicted molar refractivity (Wildman–Crippen MR) is 67.9 cm³/mol. The Morgan fingerprint density at radius 3 is 2.83 bits per heavy atom. The summed E-state index contributed by atoms with van der Waals surface area (Å²) in [5.41, 5.74) is 0.784. The summed E-state index contributed by atoms with van der Waals surface area (Å²) in [7, 11) is 0. The minimum atomic E-state index is -0.660. The molecule has 3 nitrogen and oxygen atoms in total. The molecule has 2 rings (SSSR count). The van der Waals surface area contributed by atoms with Crippen LogP contribution in [0.1, 0.15) is 31.2 Å². The van der Waals surface area contributed by atoms with E-state index in [9.17, 15) is 10.1 Å². The third-order valence-electron chi connectivity index (χ3n) is 3.52. The summed E-state index contributed by atoms with van der Waals surface area (Å²) >= 11 is 0. The van der Waals surface area contributed by atoms with E-state index in [1.165, 1.54) is 0 Å².